The molecule has 86 valence electrons. The Labute approximate surface area is 96.9 Å². The van der Waals surface area contributed by atoms with Crippen molar-refractivity contribution in [2.45, 2.75) is 32.6 Å². The molecule has 0 atom stereocenters. The maximum Gasteiger partial charge on any atom is 0.115 e. The fourth-order valence-corrected chi connectivity index (χ4v) is 2.87. The summed E-state index contributed by atoms with van der Waals surface area (Å²) >= 11 is 0. The van der Waals surface area contributed by atoms with Crippen molar-refractivity contribution >= 4 is 5.69 Å². The highest BCUT2D eigenvalue weighted by Gasteiger charge is 2.33. The number of rotatable bonds is 2. The van der Waals surface area contributed by atoms with E-state index < -0.39 is 0 Å². The first-order chi connectivity index (χ1) is 7.84. The van der Waals surface area contributed by atoms with Crippen molar-refractivity contribution in [3.8, 4) is 0 Å². The van der Waals surface area contributed by atoms with Crippen LogP contribution in [-0.4, -0.2) is 23.1 Å². The molecule has 3 heteroatoms. The van der Waals surface area contributed by atoms with Gasteiger partial charge in [-0.2, -0.15) is 0 Å². The molecule has 0 N–H and O–H groups in total. The highest BCUT2D eigenvalue weighted by molar-refractivity contribution is 5.48. The zero-order valence-corrected chi connectivity index (χ0v) is 9.89. The molecule has 1 saturated heterocycles. The van der Waals surface area contributed by atoms with Crippen LogP contribution in [0.25, 0.3) is 0 Å². The highest BCUT2D eigenvalue weighted by Crippen LogP contribution is 2.42. The van der Waals surface area contributed by atoms with E-state index in [0.29, 0.717) is 0 Å². The van der Waals surface area contributed by atoms with Crippen molar-refractivity contribution in [1.29, 1.82) is 0 Å². The smallest absolute Gasteiger partial charge is 0.115 e. The van der Waals surface area contributed by atoms with E-state index in [2.05, 4.69) is 21.8 Å². The molecule has 0 bridgehead atoms. The van der Waals surface area contributed by atoms with Crippen LogP contribution in [0.4, 0.5) is 5.69 Å². The summed E-state index contributed by atoms with van der Waals surface area (Å²) in [6.07, 6.45) is 9.28. The first kappa shape index (κ1) is 10.1. The Morgan fingerprint density at radius 3 is 2.44 bits per heavy atom. The minimum Gasteiger partial charge on any atom is -0.369 e. The molecule has 0 amide bonds. The van der Waals surface area contributed by atoms with E-state index in [1.165, 1.54) is 44.5 Å². The Balaban J connectivity index is 1.67. The minimum atomic E-state index is 1.00. The SMILES string of the molecule is Cc1ncncc1N1CCC(C2CC2)CC1. The molecule has 16 heavy (non-hydrogen) atoms. The van der Waals surface area contributed by atoms with Gasteiger partial charge in [-0.05, 0) is 44.4 Å². The summed E-state index contributed by atoms with van der Waals surface area (Å²) in [5, 5.41) is 0. The van der Waals surface area contributed by atoms with Crippen LogP contribution in [-0.2, 0) is 0 Å². The van der Waals surface area contributed by atoms with Gasteiger partial charge < -0.3 is 4.90 Å². The summed E-state index contributed by atoms with van der Waals surface area (Å²) in [7, 11) is 0. The van der Waals surface area contributed by atoms with E-state index >= 15 is 0 Å². The number of piperidine rings is 1. The molecule has 2 aliphatic rings. The number of nitrogens with zero attached hydrogens (tertiary/aromatic N) is 3. The van der Waals surface area contributed by atoms with Crippen molar-refractivity contribution in [2.75, 3.05) is 18.0 Å². The molecular weight excluding hydrogens is 198 g/mol. The summed E-state index contributed by atoms with van der Waals surface area (Å²) in [5.74, 6) is 2.07. The average molecular weight is 217 g/mol. The van der Waals surface area contributed by atoms with Crippen molar-refractivity contribution < 1.29 is 0 Å². The third-order valence-corrected chi connectivity index (χ3v) is 4.05. The number of aromatic nitrogens is 2. The summed E-state index contributed by atoms with van der Waals surface area (Å²) in [5.41, 5.74) is 2.34. The summed E-state index contributed by atoms with van der Waals surface area (Å²) in [4.78, 5) is 10.9. The molecule has 2 heterocycles. The third kappa shape index (κ3) is 1.91. The molecule has 1 saturated carbocycles. The van der Waals surface area contributed by atoms with Crippen LogP contribution in [0.3, 0.4) is 0 Å². The Morgan fingerprint density at radius 1 is 1.12 bits per heavy atom. The van der Waals surface area contributed by atoms with E-state index in [0.717, 1.165) is 17.5 Å². The lowest BCUT2D eigenvalue weighted by molar-refractivity contribution is 0.363. The molecule has 0 aromatic carbocycles. The number of anilines is 1. The highest BCUT2D eigenvalue weighted by atomic mass is 15.2. The molecule has 3 nitrogen and oxygen atoms in total. The van der Waals surface area contributed by atoms with E-state index in [9.17, 15) is 0 Å². The Morgan fingerprint density at radius 2 is 1.81 bits per heavy atom. The van der Waals surface area contributed by atoms with Gasteiger partial charge in [-0.15, -0.1) is 0 Å². The van der Waals surface area contributed by atoms with Crippen molar-refractivity contribution in [3.05, 3.63) is 18.2 Å². The summed E-state index contributed by atoms with van der Waals surface area (Å²) in [6, 6.07) is 0. The second-order valence-corrected chi connectivity index (χ2v) is 5.16. The van der Waals surface area contributed by atoms with Crippen molar-refractivity contribution in [3.63, 3.8) is 0 Å². The molecule has 1 aliphatic carbocycles. The van der Waals surface area contributed by atoms with Gasteiger partial charge in [0.05, 0.1) is 17.6 Å². The lowest BCUT2D eigenvalue weighted by Gasteiger charge is -2.34. The van der Waals surface area contributed by atoms with Crippen LogP contribution >= 0.6 is 0 Å². The molecular formula is C13H19N3. The van der Waals surface area contributed by atoms with Crippen molar-refractivity contribution in [2.24, 2.45) is 11.8 Å². The van der Waals surface area contributed by atoms with Gasteiger partial charge in [0.1, 0.15) is 6.33 Å². The van der Waals surface area contributed by atoms with Crippen molar-refractivity contribution in [1.82, 2.24) is 9.97 Å². The second-order valence-electron chi connectivity index (χ2n) is 5.16. The van der Waals surface area contributed by atoms with Gasteiger partial charge in [-0.1, -0.05) is 0 Å². The lowest BCUT2D eigenvalue weighted by atomic mass is 9.92. The van der Waals surface area contributed by atoms with Gasteiger partial charge in [0.15, 0.2) is 0 Å². The van der Waals surface area contributed by atoms with Gasteiger partial charge in [0.25, 0.3) is 0 Å². The molecule has 0 radical (unpaired) electrons. The minimum absolute atomic E-state index is 1.00. The van der Waals surface area contributed by atoms with Gasteiger partial charge in [-0.25, -0.2) is 9.97 Å². The topological polar surface area (TPSA) is 29.0 Å². The third-order valence-electron chi connectivity index (χ3n) is 4.05. The summed E-state index contributed by atoms with van der Waals surface area (Å²) < 4.78 is 0. The summed E-state index contributed by atoms with van der Waals surface area (Å²) in [6.45, 7) is 4.45. The molecule has 1 aromatic rings. The first-order valence-corrected chi connectivity index (χ1v) is 6.36. The Hall–Kier alpha value is -1.12. The maximum atomic E-state index is 4.27. The Bertz CT molecular complexity index is 365. The fourth-order valence-electron chi connectivity index (χ4n) is 2.87. The van der Waals surface area contributed by atoms with Crippen LogP contribution in [0.2, 0.25) is 0 Å². The molecule has 0 unspecified atom stereocenters. The first-order valence-electron chi connectivity index (χ1n) is 6.36. The van der Waals surface area contributed by atoms with Crippen LogP contribution in [0, 0.1) is 18.8 Å². The average Bonchev–Trinajstić information content (AvgIpc) is 3.14. The van der Waals surface area contributed by atoms with Gasteiger partial charge in [0.2, 0.25) is 0 Å². The molecule has 0 spiro atoms. The van der Waals surface area contributed by atoms with Crippen LogP contribution in [0.15, 0.2) is 12.5 Å². The van der Waals surface area contributed by atoms with Gasteiger partial charge in [-0.3, -0.25) is 0 Å². The van der Waals surface area contributed by atoms with Crippen LogP contribution in [0.1, 0.15) is 31.4 Å². The predicted octanol–water partition coefficient (Wildman–Crippen LogP) is 2.41. The van der Waals surface area contributed by atoms with E-state index in [1.807, 2.05) is 6.20 Å². The number of hydrogen-bond donors (Lipinski definition) is 0. The monoisotopic (exact) mass is 217 g/mol. The van der Waals surface area contributed by atoms with Crippen LogP contribution < -0.4 is 4.90 Å². The second kappa shape index (κ2) is 4.04. The van der Waals surface area contributed by atoms with E-state index in [4.69, 9.17) is 0 Å². The number of aryl methyl sites for hydroxylation is 1. The Kier molecular flexibility index (Phi) is 2.54. The molecule has 3 rings (SSSR count). The van der Waals surface area contributed by atoms with E-state index in [1.54, 1.807) is 6.33 Å². The zero-order valence-electron chi connectivity index (χ0n) is 9.89. The normalized spacial score (nSPS) is 22.4. The molecule has 2 fully saturated rings. The maximum absolute atomic E-state index is 4.27. The molecule has 1 aromatic heterocycles. The zero-order chi connectivity index (χ0) is 11.0. The predicted molar refractivity (Wildman–Crippen MR) is 64.4 cm³/mol. The fraction of sp³-hybridized carbons (Fsp3) is 0.692. The lowest BCUT2D eigenvalue weighted by Crippen LogP contribution is -2.34. The van der Waals surface area contributed by atoms with Gasteiger partial charge >= 0.3 is 0 Å². The standard InChI is InChI=1S/C13H19N3/c1-10-13(8-14-9-15-10)16-6-4-12(5-7-16)11-2-3-11/h8-9,11-12H,2-7H2,1H3. The van der Waals surface area contributed by atoms with E-state index in [-0.39, 0.29) is 0 Å². The number of hydrogen-bond acceptors (Lipinski definition) is 3. The quantitative estimate of drug-likeness (QED) is 0.761. The largest absolute Gasteiger partial charge is 0.369 e. The van der Waals surface area contributed by atoms with Gasteiger partial charge in [0, 0.05) is 13.1 Å². The van der Waals surface area contributed by atoms with Crippen LogP contribution in [0.5, 0.6) is 0 Å². The molecule has 1 aliphatic heterocycles.